The van der Waals surface area contributed by atoms with Gasteiger partial charge in [0.25, 0.3) is 0 Å². The van der Waals surface area contributed by atoms with E-state index in [9.17, 15) is 4.79 Å². The molecule has 0 saturated heterocycles. The number of nitrogen functional groups attached to an aromatic ring is 1. The van der Waals surface area contributed by atoms with E-state index >= 15 is 0 Å². The maximum Gasteiger partial charge on any atom is 0.229 e. The highest BCUT2D eigenvalue weighted by Crippen LogP contribution is 2.27. The predicted octanol–water partition coefficient (Wildman–Crippen LogP) is 3.04. The summed E-state index contributed by atoms with van der Waals surface area (Å²) >= 11 is 3.34. The highest BCUT2D eigenvalue weighted by atomic mass is 79.9. The molecule has 0 aliphatic rings. The third-order valence-corrected chi connectivity index (χ3v) is 3.21. The number of nitrogens with two attached hydrogens (primary N) is 1. The highest BCUT2D eigenvalue weighted by molar-refractivity contribution is 9.10. The molecule has 1 rings (SSSR count). The number of benzene rings is 1. The molecular formula is C12H17BrN2O. The Morgan fingerprint density at radius 3 is 2.69 bits per heavy atom. The topological polar surface area (TPSA) is 46.3 Å². The fourth-order valence-electron chi connectivity index (χ4n) is 1.45. The van der Waals surface area contributed by atoms with E-state index in [1.807, 2.05) is 26.0 Å². The molecule has 4 heteroatoms. The van der Waals surface area contributed by atoms with Crippen LogP contribution in [0.15, 0.2) is 22.7 Å². The van der Waals surface area contributed by atoms with Gasteiger partial charge in [0.15, 0.2) is 0 Å². The normalized spacial score (nSPS) is 12.2. The van der Waals surface area contributed by atoms with E-state index in [-0.39, 0.29) is 11.8 Å². The van der Waals surface area contributed by atoms with Crippen LogP contribution in [0.3, 0.4) is 0 Å². The first-order valence-electron chi connectivity index (χ1n) is 5.30. The Balaban J connectivity index is 2.96. The molecule has 0 aromatic heterocycles. The lowest BCUT2D eigenvalue weighted by Gasteiger charge is -2.22. The van der Waals surface area contributed by atoms with Crippen LogP contribution in [0, 0.1) is 5.92 Å². The minimum absolute atomic E-state index is 0.0213. The third kappa shape index (κ3) is 2.76. The van der Waals surface area contributed by atoms with Gasteiger partial charge in [0.05, 0.1) is 11.4 Å². The minimum atomic E-state index is 0.0213. The fourth-order valence-corrected chi connectivity index (χ4v) is 1.83. The molecule has 3 nitrogen and oxygen atoms in total. The van der Waals surface area contributed by atoms with Gasteiger partial charge in [-0.1, -0.05) is 29.8 Å². The van der Waals surface area contributed by atoms with Crippen LogP contribution in [0.25, 0.3) is 0 Å². The first-order chi connectivity index (χ1) is 7.47. The lowest BCUT2D eigenvalue weighted by Crippen LogP contribution is -2.31. The maximum atomic E-state index is 12.0. The molecule has 0 saturated carbocycles. The van der Waals surface area contributed by atoms with Crippen molar-refractivity contribution in [1.82, 2.24) is 0 Å². The lowest BCUT2D eigenvalue weighted by molar-refractivity contribution is -0.121. The predicted molar refractivity (Wildman–Crippen MR) is 71.4 cm³/mol. The molecule has 0 spiro atoms. The molecule has 88 valence electrons. The van der Waals surface area contributed by atoms with Crippen molar-refractivity contribution in [2.24, 2.45) is 5.92 Å². The number of halogens is 1. The fraction of sp³-hybridized carbons (Fsp3) is 0.417. The molecule has 1 amide bonds. The number of rotatable bonds is 3. The van der Waals surface area contributed by atoms with Crippen molar-refractivity contribution in [3.05, 3.63) is 22.7 Å². The van der Waals surface area contributed by atoms with E-state index in [1.165, 1.54) is 0 Å². The van der Waals surface area contributed by atoms with Crippen molar-refractivity contribution >= 4 is 33.2 Å². The molecule has 0 radical (unpaired) electrons. The van der Waals surface area contributed by atoms with Gasteiger partial charge in [-0.25, -0.2) is 0 Å². The minimum Gasteiger partial charge on any atom is -0.397 e. The van der Waals surface area contributed by atoms with Gasteiger partial charge in [0.2, 0.25) is 5.91 Å². The zero-order valence-electron chi connectivity index (χ0n) is 9.83. The number of amides is 1. The first kappa shape index (κ1) is 13.0. The van der Waals surface area contributed by atoms with Crippen LogP contribution in [-0.2, 0) is 4.79 Å². The molecule has 1 aromatic carbocycles. The molecule has 16 heavy (non-hydrogen) atoms. The molecule has 0 bridgehead atoms. The van der Waals surface area contributed by atoms with Gasteiger partial charge < -0.3 is 10.6 Å². The molecule has 1 unspecified atom stereocenters. The number of hydrogen-bond acceptors (Lipinski definition) is 2. The first-order valence-corrected chi connectivity index (χ1v) is 6.09. The SMILES string of the molecule is CCC(C)C(=O)N(C)c1ccc(Br)cc1N. The number of nitrogens with zero attached hydrogens (tertiary/aromatic N) is 1. The molecule has 0 aliphatic carbocycles. The van der Waals surface area contributed by atoms with E-state index < -0.39 is 0 Å². The van der Waals surface area contributed by atoms with Gasteiger partial charge in [0.1, 0.15) is 0 Å². The van der Waals surface area contributed by atoms with E-state index in [0.717, 1.165) is 16.6 Å². The molecule has 1 aromatic rings. The van der Waals surface area contributed by atoms with Crippen molar-refractivity contribution in [2.45, 2.75) is 20.3 Å². The number of carbonyl (C=O) groups excluding carboxylic acids is 1. The Bertz CT molecular complexity index is 393. The Kier molecular flexibility index (Phi) is 4.35. The Hall–Kier alpha value is -1.03. The largest absolute Gasteiger partial charge is 0.397 e. The zero-order valence-corrected chi connectivity index (χ0v) is 11.4. The van der Waals surface area contributed by atoms with Crippen LogP contribution in [0.5, 0.6) is 0 Å². The summed E-state index contributed by atoms with van der Waals surface area (Å²) < 4.78 is 0.915. The van der Waals surface area contributed by atoms with Crippen LogP contribution < -0.4 is 10.6 Å². The Morgan fingerprint density at radius 2 is 2.19 bits per heavy atom. The second kappa shape index (κ2) is 5.34. The molecule has 0 aliphatic heterocycles. The van der Waals surface area contributed by atoms with E-state index in [0.29, 0.717) is 5.69 Å². The van der Waals surface area contributed by atoms with Crippen molar-refractivity contribution in [2.75, 3.05) is 17.7 Å². The summed E-state index contributed by atoms with van der Waals surface area (Å²) in [6, 6.07) is 5.53. The average molecular weight is 285 g/mol. The summed E-state index contributed by atoms with van der Waals surface area (Å²) in [5.41, 5.74) is 7.24. The van der Waals surface area contributed by atoms with Gasteiger partial charge in [-0.2, -0.15) is 0 Å². The van der Waals surface area contributed by atoms with E-state index in [1.54, 1.807) is 18.0 Å². The average Bonchev–Trinajstić information content (AvgIpc) is 2.26. The van der Waals surface area contributed by atoms with Gasteiger partial charge in [-0.3, -0.25) is 4.79 Å². The van der Waals surface area contributed by atoms with Gasteiger partial charge >= 0.3 is 0 Å². The van der Waals surface area contributed by atoms with Crippen LogP contribution >= 0.6 is 15.9 Å². The Labute approximate surface area is 105 Å². The number of anilines is 2. The molecule has 0 heterocycles. The number of hydrogen-bond donors (Lipinski definition) is 1. The summed E-state index contributed by atoms with van der Waals surface area (Å²) in [4.78, 5) is 13.6. The van der Waals surface area contributed by atoms with Crippen LogP contribution in [0.1, 0.15) is 20.3 Å². The summed E-state index contributed by atoms with van der Waals surface area (Å²) in [6.45, 7) is 3.93. The van der Waals surface area contributed by atoms with Crippen molar-refractivity contribution in [1.29, 1.82) is 0 Å². The van der Waals surface area contributed by atoms with Gasteiger partial charge in [-0.05, 0) is 24.6 Å². The molecule has 1 atom stereocenters. The Morgan fingerprint density at radius 1 is 1.56 bits per heavy atom. The summed E-state index contributed by atoms with van der Waals surface area (Å²) in [5, 5.41) is 0. The number of carbonyl (C=O) groups is 1. The molecule has 0 fully saturated rings. The van der Waals surface area contributed by atoms with Crippen molar-refractivity contribution < 1.29 is 4.79 Å². The molecule has 2 N–H and O–H groups in total. The third-order valence-electron chi connectivity index (χ3n) is 2.72. The zero-order chi connectivity index (χ0) is 12.3. The summed E-state index contributed by atoms with van der Waals surface area (Å²) in [6.07, 6.45) is 0.833. The molecular weight excluding hydrogens is 268 g/mol. The van der Waals surface area contributed by atoms with Gasteiger partial charge in [-0.15, -0.1) is 0 Å². The summed E-state index contributed by atoms with van der Waals surface area (Å²) in [7, 11) is 1.76. The second-order valence-corrected chi connectivity index (χ2v) is 4.83. The monoisotopic (exact) mass is 284 g/mol. The van der Waals surface area contributed by atoms with Crippen LogP contribution in [0.2, 0.25) is 0 Å². The van der Waals surface area contributed by atoms with Crippen LogP contribution in [0.4, 0.5) is 11.4 Å². The van der Waals surface area contributed by atoms with Gasteiger partial charge in [0, 0.05) is 17.4 Å². The highest BCUT2D eigenvalue weighted by Gasteiger charge is 2.18. The standard InChI is InChI=1S/C12H17BrN2O/c1-4-8(2)12(16)15(3)11-6-5-9(13)7-10(11)14/h5-8H,4,14H2,1-3H3. The van der Waals surface area contributed by atoms with Crippen molar-refractivity contribution in [3.63, 3.8) is 0 Å². The van der Waals surface area contributed by atoms with E-state index in [4.69, 9.17) is 5.73 Å². The van der Waals surface area contributed by atoms with E-state index in [2.05, 4.69) is 15.9 Å². The van der Waals surface area contributed by atoms with Crippen LogP contribution in [-0.4, -0.2) is 13.0 Å². The second-order valence-electron chi connectivity index (χ2n) is 3.91. The lowest BCUT2D eigenvalue weighted by atomic mass is 10.1. The quantitative estimate of drug-likeness (QED) is 0.868. The maximum absolute atomic E-state index is 12.0. The smallest absolute Gasteiger partial charge is 0.229 e. The van der Waals surface area contributed by atoms with Crippen molar-refractivity contribution in [3.8, 4) is 0 Å². The summed E-state index contributed by atoms with van der Waals surface area (Å²) in [5.74, 6) is 0.115.